The number of phenols is 1. The number of amides is 2. The molecular weight excluding hydrogens is 442 g/mol. The number of carbonyl (C=O) groups excluding carboxylic acids is 3. The summed E-state index contributed by atoms with van der Waals surface area (Å²) in [6.07, 6.45) is -0.0152. The molecule has 190 valence electrons. The molecule has 0 spiro atoms. The minimum Gasteiger partial charge on any atom is -0.508 e. The van der Waals surface area contributed by atoms with Crippen molar-refractivity contribution in [1.82, 2.24) is 10.6 Å². The van der Waals surface area contributed by atoms with Gasteiger partial charge in [-0.2, -0.15) is 0 Å². The van der Waals surface area contributed by atoms with Gasteiger partial charge in [-0.1, -0.05) is 0 Å². The summed E-state index contributed by atoms with van der Waals surface area (Å²) in [7, 11) is 1.22. The van der Waals surface area contributed by atoms with E-state index in [1.54, 1.807) is 46.8 Å². The molecule has 2 amide bonds. The highest BCUT2D eigenvalue weighted by Crippen LogP contribution is 2.22. The van der Waals surface area contributed by atoms with E-state index >= 15 is 0 Å². The molecule has 0 unspecified atom stereocenters. The number of alkyl carbamates (subject to hydrolysis) is 1. The lowest BCUT2D eigenvalue weighted by atomic mass is 9.95. The van der Waals surface area contributed by atoms with Gasteiger partial charge in [-0.25, -0.2) is 9.59 Å². The SMILES string of the molecule is COC(=O)[C@H](CCCN=C(N)N)NC(=O)[C@H](Cc1c(C)cc(O)cc1C)NC(=O)OC(C)(C)C. The first-order valence-corrected chi connectivity index (χ1v) is 11.0. The van der Waals surface area contributed by atoms with Crippen LogP contribution >= 0.6 is 0 Å². The van der Waals surface area contributed by atoms with Gasteiger partial charge in [0.15, 0.2) is 5.96 Å². The molecule has 1 rings (SSSR count). The lowest BCUT2D eigenvalue weighted by molar-refractivity contribution is -0.145. The Balaban J connectivity index is 3.12. The molecule has 2 atom stereocenters. The maximum absolute atomic E-state index is 13.2. The topological polar surface area (TPSA) is 178 Å². The van der Waals surface area contributed by atoms with Crippen LogP contribution in [0.15, 0.2) is 17.1 Å². The first kappa shape index (κ1) is 28.5. The van der Waals surface area contributed by atoms with Gasteiger partial charge in [0, 0.05) is 13.0 Å². The van der Waals surface area contributed by atoms with Crippen LogP contribution in [-0.4, -0.2) is 60.4 Å². The Hall–Kier alpha value is -3.50. The molecule has 0 fully saturated rings. The van der Waals surface area contributed by atoms with Gasteiger partial charge in [0.2, 0.25) is 5.91 Å². The fourth-order valence-electron chi connectivity index (χ4n) is 3.32. The molecule has 0 aliphatic carbocycles. The molecule has 0 saturated heterocycles. The van der Waals surface area contributed by atoms with Gasteiger partial charge < -0.3 is 36.7 Å². The number of nitrogens with zero attached hydrogens (tertiary/aromatic N) is 1. The van der Waals surface area contributed by atoms with Crippen LogP contribution in [0.25, 0.3) is 0 Å². The molecule has 11 nitrogen and oxygen atoms in total. The van der Waals surface area contributed by atoms with Crippen molar-refractivity contribution in [3.05, 3.63) is 28.8 Å². The Kier molecular flexibility index (Phi) is 10.6. The lowest BCUT2D eigenvalue weighted by Crippen LogP contribution is -2.53. The largest absolute Gasteiger partial charge is 0.508 e. The van der Waals surface area contributed by atoms with Crippen molar-refractivity contribution < 1.29 is 29.0 Å². The number of carbonyl (C=O) groups is 3. The summed E-state index contributed by atoms with van der Waals surface area (Å²) in [5.41, 5.74) is 12.1. The van der Waals surface area contributed by atoms with Crippen LogP contribution in [0.3, 0.4) is 0 Å². The monoisotopic (exact) mass is 479 g/mol. The minimum atomic E-state index is -1.05. The van der Waals surface area contributed by atoms with Crippen LogP contribution in [0, 0.1) is 13.8 Å². The van der Waals surface area contributed by atoms with Crippen molar-refractivity contribution >= 4 is 23.9 Å². The quantitative estimate of drug-likeness (QED) is 0.143. The van der Waals surface area contributed by atoms with E-state index in [0.717, 1.165) is 16.7 Å². The number of esters is 1. The lowest BCUT2D eigenvalue weighted by Gasteiger charge is -2.25. The highest BCUT2D eigenvalue weighted by Gasteiger charge is 2.29. The van der Waals surface area contributed by atoms with Gasteiger partial charge in [0.05, 0.1) is 7.11 Å². The van der Waals surface area contributed by atoms with Crippen molar-refractivity contribution in [3.8, 4) is 5.75 Å². The van der Waals surface area contributed by atoms with E-state index in [1.807, 2.05) is 0 Å². The zero-order valence-corrected chi connectivity index (χ0v) is 20.7. The van der Waals surface area contributed by atoms with Gasteiger partial charge in [0.1, 0.15) is 23.4 Å². The normalized spacial score (nSPS) is 12.8. The average molecular weight is 480 g/mol. The number of methoxy groups -OCH3 is 1. The Morgan fingerprint density at radius 2 is 1.68 bits per heavy atom. The van der Waals surface area contributed by atoms with E-state index in [0.29, 0.717) is 6.42 Å². The van der Waals surface area contributed by atoms with Crippen LogP contribution in [0.5, 0.6) is 5.75 Å². The fourth-order valence-corrected chi connectivity index (χ4v) is 3.32. The zero-order chi connectivity index (χ0) is 26.1. The predicted molar refractivity (Wildman–Crippen MR) is 128 cm³/mol. The van der Waals surface area contributed by atoms with Gasteiger partial charge in [-0.3, -0.25) is 9.79 Å². The number of aryl methyl sites for hydroxylation is 2. The molecule has 0 radical (unpaired) electrons. The summed E-state index contributed by atoms with van der Waals surface area (Å²) in [6, 6.07) is 1.13. The molecule has 0 bridgehead atoms. The molecule has 0 aliphatic heterocycles. The molecule has 1 aromatic carbocycles. The van der Waals surface area contributed by atoms with Crippen molar-refractivity contribution in [1.29, 1.82) is 0 Å². The summed E-state index contributed by atoms with van der Waals surface area (Å²) >= 11 is 0. The van der Waals surface area contributed by atoms with E-state index in [-0.39, 0.29) is 31.1 Å². The minimum absolute atomic E-state index is 0.0695. The molecule has 0 aliphatic rings. The van der Waals surface area contributed by atoms with Crippen LogP contribution in [0.1, 0.15) is 50.3 Å². The molecule has 7 N–H and O–H groups in total. The Morgan fingerprint density at radius 3 is 2.18 bits per heavy atom. The van der Waals surface area contributed by atoms with E-state index in [4.69, 9.17) is 20.9 Å². The summed E-state index contributed by atoms with van der Waals surface area (Å²) in [4.78, 5) is 41.8. The van der Waals surface area contributed by atoms with Gasteiger partial charge in [0.25, 0.3) is 0 Å². The third-order valence-electron chi connectivity index (χ3n) is 4.84. The van der Waals surface area contributed by atoms with Crippen molar-refractivity contribution in [2.24, 2.45) is 16.5 Å². The average Bonchev–Trinajstić information content (AvgIpc) is 2.69. The number of ether oxygens (including phenoxy) is 2. The maximum atomic E-state index is 13.2. The number of benzene rings is 1. The van der Waals surface area contributed by atoms with Crippen molar-refractivity contribution in [2.45, 2.75) is 71.6 Å². The molecular formula is C23H37N5O6. The fraction of sp³-hybridized carbons (Fsp3) is 0.565. The van der Waals surface area contributed by atoms with Crippen molar-refractivity contribution in [3.63, 3.8) is 0 Å². The summed E-state index contributed by atoms with van der Waals surface area (Å²) in [5.74, 6) is -1.19. The van der Waals surface area contributed by atoms with Crippen LogP contribution in [0.4, 0.5) is 4.79 Å². The summed E-state index contributed by atoms with van der Waals surface area (Å²) < 4.78 is 10.1. The molecule has 0 aromatic heterocycles. The maximum Gasteiger partial charge on any atom is 0.408 e. The first-order chi connectivity index (χ1) is 15.7. The second-order valence-corrected chi connectivity index (χ2v) is 8.99. The van der Waals surface area contributed by atoms with Gasteiger partial charge in [-0.05, 0) is 76.3 Å². The van der Waals surface area contributed by atoms with Crippen molar-refractivity contribution in [2.75, 3.05) is 13.7 Å². The third kappa shape index (κ3) is 9.97. The zero-order valence-electron chi connectivity index (χ0n) is 20.7. The smallest absolute Gasteiger partial charge is 0.408 e. The summed E-state index contributed by atoms with van der Waals surface area (Å²) in [6.45, 7) is 8.99. The Morgan fingerprint density at radius 1 is 1.09 bits per heavy atom. The number of hydrogen-bond acceptors (Lipinski definition) is 7. The number of rotatable bonds is 10. The van der Waals surface area contributed by atoms with Crippen LogP contribution in [-0.2, 0) is 25.5 Å². The van der Waals surface area contributed by atoms with Crippen LogP contribution in [0.2, 0.25) is 0 Å². The van der Waals surface area contributed by atoms with Gasteiger partial charge in [-0.15, -0.1) is 0 Å². The number of aliphatic imine (C=N–C) groups is 1. The molecule has 0 heterocycles. The Labute approximate surface area is 200 Å². The number of guanidine groups is 1. The predicted octanol–water partition coefficient (Wildman–Crippen LogP) is 1.16. The van der Waals surface area contributed by atoms with Gasteiger partial charge >= 0.3 is 12.1 Å². The number of nitrogens with two attached hydrogens (primary N) is 2. The highest BCUT2D eigenvalue weighted by atomic mass is 16.6. The summed E-state index contributed by atoms with van der Waals surface area (Å²) in [5, 5.41) is 15.1. The number of aromatic hydroxyl groups is 1. The van der Waals surface area contributed by atoms with E-state index < -0.39 is 35.7 Å². The first-order valence-electron chi connectivity index (χ1n) is 11.0. The Bertz CT molecular complexity index is 883. The van der Waals surface area contributed by atoms with E-state index in [9.17, 15) is 19.5 Å². The van der Waals surface area contributed by atoms with E-state index in [1.165, 1.54) is 7.11 Å². The molecule has 34 heavy (non-hydrogen) atoms. The number of nitrogens with one attached hydrogen (secondary N) is 2. The van der Waals surface area contributed by atoms with E-state index in [2.05, 4.69) is 15.6 Å². The van der Waals surface area contributed by atoms with Crippen LogP contribution < -0.4 is 22.1 Å². The second kappa shape index (κ2) is 12.7. The number of phenolic OH excluding ortho intramolecular Hbond substituents is 1. The second-order valence-electron chi connectivity index (χ2n) is 8.99. The molecule has 0 saturated carbocycles. The highest BCUT2D eigenvalue weighted by molar-refractivity contribution is 5.90. The number of hydrogen-bond donors (Lipinski definition) is 5. The standard InChI is InChI=1S/C23H37N5O6/c1-13-10-15(29)11-14(2)16(13)12-18(28-22(32)34-23(3,4)5)19(30)27-17(20(31)33-6)8-7-9-26-21(24)25/h10-11,17-18,29H,7-9,12H2,1-6H3,(H,27,30)(H,28,32)(H4,24,25,26)/t17-,18-/m0/s1. The molecule has 11 heteroatoms. The molecule has 1 aromatic rings. The third-order valence-corrected chi connectivity index (χ3v) is 4.84.